The van der Waals surface area contributed by atoms with Gasteiger partial charge in [-0.05, 0) is 43.3 Å². The van der Waals surface area contributed by atoms with Gasteiger partial charge in [0.25, 0.3) is 0 Å². The van der Waals surface area contributed by atoms with Crippen molar-refractivity contribution in [3.05, 3.63) is 23.8 Å². The Morgan fingerprint density at radius 3 is 2.63 bits per heavy atom. The summed E-state index contributed by atoms with van der Waals surface area (Å²) in [6.45, 7) is 6.26. The van der Waals surface area contributed by atoms with E-state index >= 15 is 0 Å². The molecular formula is C14H22N2O2S. The van der Waals surface area contributed by atoms with Crippen molar-refractivity contribution in [2.75, 3.05) is 20.3 Å². The lowest BCUT2D eigenvalue weighted by Crippen LogP contribution is -2.34. The van der Waals surface area contributed by atoms with E-state index in [0.29, 0.717) is 18.3 Å². The van der Waals surface area contributed by atoms with Crippen molar-refractivity contribution in [3.8, 4) is 11.5 Å². The Bertz CT molecular complexity index is 410. The molecule has 4 nitrogen and oxygen atoms in total. The predicted molar refractivity (Wildman–Crippen MR) is 81.9 cm³/mol. The molecule has 0 aliphatic rings. The smallest absolute Gasteiger partial charge is 0.166 e. The molecule has 0 saturated carbocycles. The van der Waals surface area contributed by atoms with Crippen LogP contribution in [0.3, 0.4) is 0 Å². The second kappa shape index (κ2) is 8.58. The topological polar surface area (TPSA) is 42.5 Å². The Labute approximate surface area is 120 Å². The summed E-state index contributed by atoms with van der Waals surface area (Å²) in [4.78, 5) is 0. The van der Waals surface area contributed by atoms with Crippen LogP contribution in [-0.2, 0) is 6.54 Å². The van der Waals surface area contributed by atoms with Crippen molar-refractivity contribution < 1.29 is 9.47 Å². The fourth-order valence-electron chi connectivity index (χ4n) is 1.56. The molecular weight excluding hydrogens is 260 g/mol. The minimum Gasteiger partial charge on any atom is -0.493 e. The highest BCUT2D eigenvalue weighted by Crippen LogP contribution is 2.28. The van der Waals surface area contributed by atoms with Gasteiger partial charge in [-0.2, -0.15) is 0 Å². The molecule has 19 heavy (non-hydrogen) atoms. The third-order valence-corrected chi connectivity index (χ3v) is 2.77. The molecule has 0 spiro atoms. The maximum Gasteiger partial charge on any atom is 0.166 e. The molecule has 1 rings (SSSR count). The third-order valence-electron chi connectivity index (χ3n) is 2.48. The van der Waals surface area contributed by atoms with Crippen LogP contribution in [0.25, 0.3) is 0 Å². The van der Waals surface area contributed by atoms with Crippen LogP contribution in [0.5, 0.6) is 11.5 Å². The summed E-state index contributed by atoms with van der Waals surface area (Å²) >= 11 is 5.12. The Hall–Kier alpha value is -1.49. The molecule has 0 aliphatic heterocycles. The molecule has 0 unspecified atom stereocenters. The molecule has 1 aromatic carbocycles. The number of hydrogen-bond donors (Lipinski definition) is 2. The van der Waals surface area contributed by atoms with Gasteiger partial charge in [-0.3, -0.25) is 0 Å². The molecule has 0 saturated heterocycles. The first-order valence-corrected chi connectivity index (χ1v) is 6.93. The minimum atomic E-state index is 0.660. The molecule has 2 N–H and O–H groups in total. The summed E-state index contributed by atoms with van der Waals surface area (Å²) in [7, 11) is 1.65. The van der Waals surface area contributed by atoms with Crippen LogP contribution in [0.4, 0.5) is 0 Å². The molecule has 0 amide bonds. The second-order valence-corrected chi connectivity index (χ2v) is 4.45. The number of nitrogens with one attached hydrogen (secondary N) is 2. The molecule has 0 radical (unpaired) electrons. The zero-order chi connectivity index (χ0) is 14.1. The average Bonchev–Trinajstić information content (AvgIpc) is 2.43. The largest absolute Gasteiger partial charge is 0.493 e. The van der Waals surface area contributed by atoms with Crippen LogP contribution in [0.1, 0.15) is 25.8 Å². The van der Waals surface area contributed by atoms with Crippen molar-refractivity contribution >= 4 is 17.3 Å². The van der Waals surface area contributed by atoms with Crippen LogP contribution < -0.4 is 20.1 Å². The zero-order valence-corrected chi connectivity index (χ0v) is 12.6. The number of methoxy groups -OCH3 is 1. The Kier molecular flexibility index (Phi) is 7.03. The van der Waals surface area contributed by atoms with Gasteiger partial charge in [0.05, 0.1) is 13.7 Å². The first-order valence-electron chi connectivity index (χ1n) is 6.52. The fourth-order valence-corrected chi connectivity index (χ4v) is 1.78. The highest BCUT2D eigenvalue weighted by Gasteiger charge is 2.05. The average molecular weight is 282 g/mol. The van der Waals surface area contributed by atoms with E-state index in [2.05, 4.69) is 17.6 Å². The molecule has 0 heterocycles. The molecule has 0 fully saturated rings. The van der Waals surface area contributed by atoms with E-state index in [1.54, 1.807) is 7.11 Å². The van der Waals surface area contributed by atoms with Gasteiger partial charge in [0.1, 0.15) is 0 Å². The first-order chi connectivity index (χ1) is 9.21. The zero-order valence-electron chi connectivity index (χ0n) is 11.8. The van der Waals surface area contributed by atoms with E-state index in [9.17, 15) is 0 Å². The van der Waals surface area contributed by atoms with E-state index in [1.165, 1.54) is 0 Å². The molecule has 5 heteroatoms. The molecule has 0 bridgehead atoms. The monoisotopic (exact) mass is 282 g/mol. The standard InChI is InChI=1S/C14H22N2O2S/c1-4-8-18-12-7-6-11(9-13(12)17-3)10-16-14(19)15-5-2/h6-7,9H,4-5,8,10H2,1-3H3,(H2,15,16,19). The van der Waals surface area contributed by atoms with Gasteiger partial charge in [0.15, 0.2) is 16.6 Å². The van der Waals surface area contributed by atoms with Gasteiger partial charge in [0, 0.05) is 13.1 Å². The lowest BCUT2D eigenvalue weighted by atomic mass is 10.2. The van der Waals surface area contributed by atoms with Crippen molar-refractivity contribution in [2.45, 2.75) is 26.8 Å². The van der Waals surface area contributed by atoms with Gasteiger partial charge in [-0.25, -0.2) is 0 Å². The van der Waals surface area contributed by atoms with E-state index in [-0.39, 0.29) is 0 Å². The minimum absolute atomic E-state index is 0.660. The van der Waals surface area contributed by atoms with E-state index < -0.39 is 0 Å². The van der Waals surface area contributed by atoms with E-state index in [1.807, 2.05) is 25.1 Å². The molecule has 1 aromatic rings. The Morgan fingerprint density at radius 1 is 1.21 bits per heavy atom. The Morgan fingerprint density at radius 2 is 2.00 bits per heavy atom. The van der Waals surface area contributed by atoms with Crippen LogP contribution >= 0.6 is 12.2 Å². The highest BCUT2D eigenvalue weighted by molar-refractivity contribution is 7.80. The normalized spacial score (nSPS) is 9.84. The molecule has 0 aliphatic carbocycles. The van der Waals surface area contributed by atoms with Gasteiger partial charge < -0.3 is 20.1 Å². The molecule has 0 aromatic heterocycles. The summed E-state index contributed by atoms with van der Waals surface area (Å²) in [5.41, 5.74) is 1.10. The van der Waals surface area contributed by atoms with Gasteiger partial charge in [-0.15, -0.1) is 0 Å². The number of thiocarbonyl (C=S) groups is 1. The predicted octanol–water partition coefficient (Wildman–Crippen LogP) is 2.47. The van der Waals surface area contributed by atoms with Crippen molar-refractivity contribution in [2.24, 2.45) is 0 Å². The van der Waals surface area contributed by atoms with Gasteiger partial charge >= 0.3 is 0 Å². The van der Waals surface area contributed by atoms with E-state index in [0.717, 1.165) is 30.0 Å². The maximum absolute atomic E-state index is 5.61. The summed E-state index contributed by atoms with van der Waals surface area (Å²) < 4.78 is 10.9. The van der Waals surface area contributed by atoms with Crippen molar-refractivity contribution in [1.29, 1.82) is 0 Å². The quantitative estimate of drug-likeness (QED) is 0.752. The number of benzene rings is 1. The van der Waals surface area contributed by atoms with Crippen LogP contribution in [0.15, 0.2) is 18.2 Å². The van der Waals surface area contributed by atoms with Crippen LogP contribution in [0, 0.1) is 0 Å². The van der Waals surface area contributed by atoms with Gasteiger partial charge in [-0.1, -0.05) is 13.0 Å². The SMILES string of the molecule is CCCOc1ccc(CNC(=S)NCC)cc1OC. The summed E-state index contributed by atoms with van der Waals surface area (Å²) in [5.74, 6) is 1.53. The number of ether oxygens (including phenoxy) is 2. The summed E-state index contributed by atoms with van der Waals surface area (Å²) in [6, 6.07) is 5.91. The van der Waals surface area contributed by atoms with Crippen LogP contribution in [-0.4, -0.2) is 25.4 Å². The van der Waals surface area contributed by atoms with Crippen molar-refractivity contribution in [3.63, 3.8) is 0 Å². The summed E-state index contributed by atoms with van der Waals surface area (Å²) in [5, 5.41) is 6.85. The second-order valence-electron chi connectivity index (χ2n) is 4.05. The highest BCUT2D eigenvalue weighted by atomic mass is 32.1. The molecule has 0 atom stereocenters. The third kappa shape index (κ3) is 5.34. The summed E-state index contributed by atoms with van der Waals surface area (Å²) in [6.07, 6.45) is 0.976. The van der Waals surface area contributed by atoms with Crippen LogP contribution in [0.2, 0.25) is 0 Å². The van der Waals surface area contributed by atoms with Crippen molar-refractivity contribution in [1.82, 2.24) is 10.6 Å². The fraction of sp³-hybridized carbons (Fsp3) is 0.500. The lowest BCUT2D eigenvalue weighted by molar-refractivity contribution is 0.294. The van der Waals surface area contributed by atoms with E-state index in [4.69, 9.17) is 21.7 Å². The number of rotatable bonds is 7. The molecule has 106 valence electrons. The van der Waals surface area contributed by atoms with Gasteiger partial charge in [0.2, 0.25) is 0 Å². The first kappa shape index (κ1) is 15.6. The lowest BCUT2D eigenvalue weighted by Gasteiger charge is -2.13. The Balaban J connectivity index is 2.63. The number of hydrogen-bond acceptors (Lipinski definition) is 3. The maximum atomic E-state index is 5.61.